The molecule has 0 bridgehead atoms. The highest BCUT2D eigenvalue weighted by atomic mass is 79.9. The number of rotatable bonds is 5. The molecule has 0 fully saturated rings. The zero-order chi connectivity index (χ0) is 10.4. The number of halogens is 1. The fourth-order valence-electron chi connectivity index (χ4n) is 1.01. The normalized spacial score (nSPS) is 11.8. The van der Waals surface area contributed by atoms with Crippen LogP contribution in [0.1, 0.15) is 19.8 Å². The molecule has 0 aliphatic rings. The Morgan fingerprint density at radius 1 is 1.62 bits per heavy atom. The average molecular weight is 243 g/mol. The van der Waals surface area contributed by atoms with Crippen molar-refractivity contribution in [1.29, 1.82) is 5.41 Å². The molecule has 0 saturated carbocycles. The molecule has 13 heavy (non-hydrogen) atoms. The zero-order valence-electron chi connectivity index (χ0n) is 7.86. The van der Waals surface area contributed by atoms with Gasteiger partial charge < -0.3 is 5.73 Å². The molecule has 3 heteroatoms. The van der Waals surface area contributed by atoms with Gasteiger partial charge >= 0.3 is 0 Å². The van der Waals surface area contributed by atoms with Gasteiger partial charge in [0.15, 0.2) is 0 Å². The predicted molar refractivity (Wildman–Crippen MR) is 62.1 cm³/mol. The van der Waals surface area contributed by atoms with E-state index < -0.39 is 0 Å². The van der Waals surface area contributed by atoms with E-state index in [1.54, 1.807) is 0 Å². The number of nitrogens with two attached hydrogens (primary N) is 1. The summed E-state index contributed by atoms with van der Waals surface area (Å²) in [4.78, 5) is 0. The molecule has 3 N–H and O–H groups in total. The Bertz CT molecular complexity index is 264. The second-order valence-electron chi connectivity index (χ2n) is 2.70. The van der Waals surface area contributed by atoms with Crippen LogP contribution >= 0.6 is 15.9 Å². The van der Waals surface area contributed by atoms with Crippen molar-refractivity contribution in [3.05, 3.63) is 36.1 Å². The fraction of sp³-hybridized carbons (Fsp3) is 0.300. The fourth-order valence-corrected chi connectivity index (χ4v) is 1.52. The van der Waals surface area contributed by atoms with E-state index in [4.69, 9.17) is 11.1 Å². The van der Waals surface area contributed by atoms with Crippen LogP contribution in [0.2, 0.25) is 0 Å². The summed E-state index contributed by atoms with van der Waals surface area (Å²) in [5.41, 5.74) is 7.72. The molecule has 0 atom stereocenters. The summed E-state index contributed by atoms with van der Waals surface area (Å²) in [7, 11) is 0. The lowest BCUT2D eigenvalue weighted by atomic mass is 10.0. The number of nitrogens with one attached hydrogen (secondary N) is 1. The van der Waals surface area contributed by atoms with Crippen molar-refractivity contribution in [2.45, 2.75) is 19.8 Å². The third kappa shape index (κ3) is 3.59. The molecule has 0 rings (SSSR count). The lowest BCUT2D eigenvalue weighted by molar-refractivity contribution is 0.921. The summed E-state index contributed by atoms with van der Waals surface area (Å²) in [6.07, 6.45) is 3.37. The Morgan fingerprint density at radius 3 is 2.46 bits per heavy atom. The van der Waals surface area contributed by atoms with E-state index in [9.17, 15) is 0 Å². The van der Waals surface area contributed by atoms with Gasteiger partial charge in [0.1, 0.15) is 4.62 Å². The summed E-state index contributed by atoms with van der Waals surface area (Å²) in [6, 6.07) is 0. The number of hydrogen-bond donors (Lipinski definition) is 2. The van der Waals surface area contributed by atoms with Gasteiger partial charge in [-0.05, 0) is 34.0 Å². The first-order valence-electron chi connectivity index (χ1n) is 4.09. The SMILES string of the molecule is C=C/C(N)=C(\C(=C)CCC)C(=N)Br. The van der Waals surface area contributed by atoms with Crippen molar-refractivity contribution in [3.63, 3.8) is 0 Å². The Kier molecular flexibility index (Phi) is 5.39. The Hall–Kier alpha value is -0.830. The van der Waals surface area contributed by atoms with E-state index in [1.165, 1.54) is 6.08 Å². The molecule has 0 amide bonds. The summed E-state index contributed by atoms with van der Waals surface area (Å²) in [6.45, 7) is 9.50. The zero-order valence-corrected chi connectivity index (χ0v) is 9.45. The second-order valence-corrected chi connectivity index (χ2v) is 3.49. The highest BCUT2D eigenvalue weighted by Crippen LogP contribution is 2.20. The molecule has 0 aliphatic carbocycles. The van der Waals surface area contributed by atoms with E-state index in [1.807, 2.05) is 0 Å². The molecule has 0 aliphatic heterocycles. The van der Waals surface area contributed by atoms with Gasteiger partial charge in [0.2, 0.25) is 0 Å². The third-order valence-corrected chi connectivity index (χ3v) is 2.03. The standard InChI is InChI=1S/C10H15BrN2/c1-4-6-7(3)9(10(11)13)8(12)5-2/h5,13H,2-4,6,12H2,1H3/b9-8-,13-10?. The van der Waals surface area contributed by atoms with E-state index in [0.29, 0.717) is 11.3 Å². The van der Waals surface area contributed by atoms with Gasteiger partial charge in [-0.2, -0.15) is 0 Å². The summed E-state index contributed by atoms with van der Waals surface area (Å²) < 4.78 is 0.267. The largest absolute Gasteiger partial charge is 0.398 e. The van der Waals surface area contributed by atoms with Crippen LogP contribution in [0.3, 0.4) is 0 Å². The average Bonchev–Trinajstić information content (AvgIpc) is 2.04. The van der Waals surface area contributed by atoms with Crippen molar-refractivity contribution < 1.29 is 0 Å². The second kappa shape index (κ2) is 5.75. The molecule has 0 unspecified atom stereocenters. The smallest absolute Gasteiger partial charge is 0.106 e. The Balaban J connectivity index is 4.93. The monoisotopic (exact) mass is 242 g/mol. The van der Waals surface area contributed by atoms with Gasteiger partial charge in [-0.15, -0.1) is 0 Å². The molecule has 0 aromatic heterocycles. The van der Waals surface area contributed by atoms with Gasteiger partial charge in [-0.25, -0.2) is 0 Å². The van der Waals surface area contributed by atoms with Crippen molar-refractivity contribution in [1.82, 2.24) is 0 Å². The first kappa shape index (κ1) is 12.2. The van der Waals surface area contributed by atoms with E-state index >= 15 is 0 Å². The topological polar surface area (TPSA) is 49.9 Å². The first-order chi connectivity index (χ1) is 6.04. The minimum atomic E-state index is 0.267. The van der Waals surface area contributed by atoms with E-state index in [-0.39, 0.29) is 4.62 Å². The van der Waals surface area contributed by atoms with Gasteiger partial charge in [0.25, 0.3) is 0 Å². The maximum absolute atomic E-state index is 7.46. The first-order valence-corrected chi connectivity index (χ1v) is 4.88. The van der Waals surface area contributed by atoms with Crippen molar-refractivity contribution in [2.75, 3.05) is 0 Å². The van der Waals surface area contributed by atoms with Crippen molar-refractivity contribution in [2.24, 2.45) is 5.73 Å². The maximum atomic E-state index is 7.46. The molecule has 0 aromatic carbocycles. The summed E-state index contributed by atoms with van der Waals surface area (Å²) in [5.74, 6) is 0. The van der Waals surface area contributed by atoms with Crippen LogP contribution in [0, 0.1) is 5.41 Å². The van der Waals surface area contributed by atoms with Crippen LogP contribution in [0.15, 0.2) is 36.1 Å². The molecule has 0 saturated heterocycles. The Morgan fingerprint density at radius 2 is 2.15 bits per heavy atom. The molecule has 0 aromatic rings. The van der Waals surface area contributed by atoms with Crippen LogP contribution in [0.5, 0.6) is 0 Å². The van der Waals surface area contributed by atoms with Crippen LogP contribution in [0.4, 0.5) is 0 Å². The highest BCUT2D eigenvalue weighted by Gasteiger charge is 2.08. The molecule has 0 radical (unpaired) electrons. The van der Waals surface area contributed by atoms with Crippen LogP contribution < -0.4 is 5.73 Å². The molecule has 72 valence electrons. The molecular weight excluding hydrogens is 228 g/mol. The highest BCUT2D eigenvalue weighted by molar-refractivity contribution is 9.18. The van der Waals surface area contributed by atoms with Crippen LogP contribution in [0.25, 0.3) is 0 Å². The molecule has 2 nitrogen and oxygen atoms in total. The van der Waals surface area contributed by atoms with E-state index in [0.717, 1.165) is 18.4 Å². The third-order valence-electron chi connectivity index (χ3n) is 1.63. The summed E-state index contributed by atoms with van der Waals surface area (Å²) in [5, 5.41) is 7.46. The van der Waals surface area contributed by atoms with Gasteiger partial charge in [0.05, 0.1) is 0 Å². The quantitative estimate of drug-likeness (QED) is 0.565. The number of hydrogen-bond acceptors (Lipinski definition) is 2. The van der Waals surface area contributed by atoms with Crippen LogP contribution in [-0.4, -0.2) is 4.62 Å². The maximum Gasteiger partial charge on any atom is 0.106 e. The lowest BCUT2D eigenvalue weighted by Gasteiger charge is -2.09. The minimum Gasteiger partial charge on any atom is -0.398 e. The van der Waals surface area contributed by atoms with Crippen molar-refractivity contribution in [3.8, 4) is 0 Å². The lowest BCUT2D eigenvalue weighted by Crippen LogP contribution is -2.06. The molecule has 0 heterocycles. The molecular formula is C10H15BrN2. The van der Waals surface area contributed by atoms with E-state index in [2.05, 4.69) is 36.0 Å². The van der Waals surface area contributed by atoms with Gasteiger partial charge in [0, 0.05) is 11.3 Å². The van der Waals surface area contributed by atoms with Crippen molar-refractivity contribution >= 4 is 20.6 Å². The predicted octanol–water partition coefficient (Wildman–Crippen LogP) is 3.11. The summed E-state index contributed by atoms with van der Waals surface area (Å²) >= 11 is 3.09. The molecule has 0 spiro atoms. The minimum absolute atomic E-state index is 0.267. The van der Waals surface area contributed by atoms with Gasteiger partial charge in [-0.1, -0.05) is 26.5 Å². The van der Waals surface area contributed by atoms with Crippen LogP contribution in [-0.2, 0) is 0 Å². The Labute approximate surface area is 87.8 Å². The number of allylic oxidation sites excluding steroid dienone is 3. The van der Waals surface area contributed by atoms with Gasteiger partial charge in [-0.3, -0.25) is 5.41 Å².